The molecule has 0 atom stereocenters. The second-order valence-electron chi connectivity index (χ2n) is 8.23. The summed E-state index contributed by atoms with van der Waals surface area (Å²) in [5, 5.41) is 0.817. The molecule has 0 aliphatic carbocycles. The summed E-state index contributed by atoms with van der Waals surface area (Å²) in [6.07, 6.45) is 1.64. The largest absolute Gasteiger partial charge is 0.497 e. The van der Waals surface area contributed by atoms with Crippen molar-refractivity contribution in [1.29, 1.82) is 0 Å². The third-order valence-electron chi connectivity index (χ3n) is 5.71. The van der Waals surface area contributed by atoms with Gasteiger partial charge in [0.1, 0.15) is 0 Å². The Balaban J connectivity index is 1.80. The van der Waals surface area contributed by atoms with E-state index in [1.807, 2.05) is 82.3 Å². The highest BCUT2D eigenvalue weighted by atomic mass is 32.2. The van der Waals surface area contributed by atoms with Crippen molar-refractivity contribution < 1.29 is 17.7 Å². The average Bonchev–Trinajstić information content (AvgIpc) is 3.11. The van der Waals surface area contributed by atoms with Gasteiger partial charge in [0.2, 0.25) is 10.0 Å². The quantitative estimate of drug-likeness (QED) is 0.634. The van der Waals surface area contributed by atoms with Gasteiger partial charge in [-0.3, -0.25) is 0 Å². The molecule has 5 nitrogen and oxygen atoms in total. The average molecular weight is 397 g/mol. The maximum absolute atomic E-state index is 13.2. The lowest BCUT2D eigenvalue weighted by molar-refractivity contribution is 0.00578. The molecule has 0 saturated carbocycles. The number of nitrogens with zero attached hydrogens (tertiary/aromatic N) is 1. The SMILES string of the molecule is CC1(C)OB(c2cn(S(=O)(=O)Cc3ccccc3)c3ccccc23)OC1(C)C. The van der Waals surface area contributed by atoms with E-state index in [2.05, 4.69) is 0 Å². The van der Waals surface area contributed by atoms with Crippen molar-refractivity contribution in [3.05, 3.63) is 66.4 Å². The van der Waals surface area contributed by atoms with E-state index in [1.165, 1.54) is 3.97 Å². The predicted octanol–water partition coefficient (Wildman–Crippen LogP) is 3.32. The number of fused-ring (bicyclic) bond motifs is 1. The number of rotatable bonds is 4. The van der Waals surface area contributed by atoms with Crippen LogP contribution in [0.4, 0.5) is 0 Å². The Morgan fingerprint density at radius 1 is 0.893 bits per heavy atom. The standard InChI is InChI=1S/C21H24BNO4S/c1-20(2)21(3,4)27-22(26-20)18-14-23(19-13-9-8-12-17(18)19)28(24,25)15-16-10-6-5-7-11-16/h5-14H,15H2,1-4H3. The molecule has 0 bridgehead atoms. The van der Waals surface area contributed by atoms with Crippen LogP contribution in [0.1, 0.15) is 33.3 Å². The fraction of sp³-hybridized carbons (Fsp3) is 0.333. The Kier molecular flexibility index (Phi) is 4.45. The van der Waals surface area contributed by atoms with Gasteiger partial charge in [0.15, 0.2) is 0 Å². The first kappa shape index (κ1) is 19.2. The highest BCUT2D eigenvalue weighted by molar-refractivity contribution is 7.89. The number of benzene rings is 2. The highest BCUT2D eigenvalue weighted by Crippen LogP contribution is 2.37. The first-order valence-electron chi connectivity index (χ1n) is 9.33. The number of aromatic nitrogens is 1. The van der Waals surface area contributed by atoms with Crippen LogP contribution in [0.15, 0.2) is 60.8 Å². The topological polar surface area (TPSA) is 57.5 Å². The Bertz CT molecular complexity index is 1100. The molecule has 1 aliphatic rings. The first-order valence-corrected chi connectivity index (χ1v) is 10.9. The fourth-order valence-electron chi connectivity index (χ4n) is 3.42. The first-order chi connectivity index (χ1) is 13.1. The fourth-order valence-corrected chi connectivity index (χ4v) is 4.90. The van der Waals surface area contributed by atoms with Gasteiger partial charge in [-0.05, 0) is 39.3 Å². The van der Waals surface area contributed by atoms with E-state index < -0.39 is 28.3 Å². The summed E-state index contributed by atoms with van der Waals surface area (Å²) in [6.45, 7) is 7.94. The van der Waals surface area contributed by atoms with Crippen LogP contribution in [0.25, 0.3) is 10.9 Å². The van der Waals surface area contributed by atoms with Crippen LogP contribution in [0, 0.1) is 0 Å². The molecule has 1 saturated heterocycles. The van der Waals surface area contributed by atoms with Crippen LogP contribution in [-0.4, -0.2) is 30.7 Å². The second kappa shape index (κ2) is 6.47. The molecule has 28 heavy (non-hydrogen) atoms. The molecule has 0 unspecified atom stereocenters. The minimum absolute atomic E-state index is 0.0741. The van der Waals surface area contributed by atoms with E-state index in [9.17, 15) is 8.42 Å². The molecule has 0 amide bonds. The predicted molar refractivity (Wildman–Crippen MR) is 112 cm³/mol. The van der Waals surface area contributed by atoms with Crippen molar-refractivity contribution in [2.75, 3.05) is 0 Å². The molecule has 1 aliphatic heterocycles. The van der Waals surface area contributed by atoms with E-state index in [0.29, 0.717) is 5.52 Å². The molecular formula is C21H24BNO4S. The molecule has 0 N–H and O–H groups in total. The summed E-state index contributed by atoms with van der Waals surface area (Å²) in [7, 11) is -4.22. The third kappa shape index (κ3) is 3.17. The molecule has 0 spiro atoms. The zero-order chi connectivity index (χ0) is 20.2. The van der Waals surface area contributed by atoms with Crippen molar-refractivity contribution in [2.24, 2.45) is 0 Å². The van der Waals surface area contributed by atoms with Gasteiger partial charge in [0.25, 0.3) is 0 Å². The Morgan fingerprint density at radius 3 is 2.11 bits per heavy atom. The second-order valence-corrected chi connectivity index (χ2v) is 10.1. The van der Waals surface area contributed by atoms with Gasteiger partial charge >= 0.3 is 7.12 Å². The van der Waals surface area contributed by atoms with Gasteiger partial charge in [0, 0.05) is 17.0 Å². The van der Waals surface area contributed by atoms with Crippen LogP contribution in [0.2, 0.25) is 0 Å². The van der Waals surface area contributed by atoms with Gasteiger partial charge < -0.3 is 9.31 Å². The lowest BCUT2D eigenvalue weighted by atomic mass is 9.79. The minimum Gasteiger partial charge on any atom is -0.399 e. The molecule has 2 aromatic carbocycles. The van der Waals surface area contributed by atoms with Crippen LogP contribution < -0.4 is 5.46 Å². The Labute approximate surface area is 166 Å². The molecule has 7 heteroatoms. The van der Waals surface area contributed by atoms with Gasteiger partial charge in [-0.1, -0.05) is 48.5 Å². The van der Waals surface area contributed by atoms with Crippen molar-refractivity contribution in [3.8, 4) is 0 Å². The zero-order valence-electron chi connectivity index (χ0n) is 16.5. The van der Waals surface area contributed by atoms with Crippen LogP contribution in [-0.2, 0) is 25.1 Å². The van der Waals surface area contributed by atoms with E-state index >= 15 is 0 Å². The van der Waals surface area contributed by atoms with E-state index in [0.717, 1.165) is 16.4 Å². The highest BCUT2D eigenvalue weighted by Gasteiger charge is 2.52. The van der Waals surface area contributed by atoms with Gasteiger partial charge in [0.05, 0.1) is 22.5 Å². The third-order valence-corrected chi connectivity index (χ3v) is 7.31. The molecule has 3 aromatic rings. The van der Waals surface area contributed by atoms with Gasteiger partial charge in [-0.2, -0.15) is 0 Å². The zero-order valence-corrected chi connectivity index (χ0v) is 17.4. The van der Waals surface area contributed by atoms with E-state index in [1.54, 1.807) is 6.20 Å². The van der Waals surface area contributed by atoms with Crippen molar-refractivity contribution in [2.45, 2.75) is 44.6 Å². The molecule has 2 heterocycles. The monoisotopic (exact) mass is 397 g/mol. The van der Waals surface area contributed by atoms with E-state index in [-0.39, 0.29) is 5.75 Å². The summed E-state index contributed by atoms with van der Waals surface area (Å²) < 4.78 is 40.1. The molecule has 1 aromatic heterocycles. The van der Waals surface area contributed by atoms with Crippen LogP contribution in [0.5, 0.6) is 0 Å². The summed E-state index contributed by atoms with van der Waals surface area (Å²) in [5.74, 6) is -0.0741. The summed E-state index contributed by atoms with van der Waals surface area (Å²) in [6, 6.07) is 16.6. The Hall–Kier alpha value is -2.09. The number of para-hydroxylation sites is 1. The van der Waals surface area contributed by atoms with E-state index in [4.69, 9.17) is 9.31 Å². The van der Waals surface area contributed by atoms with Crippen molar-refractivity contribution >= 4 is 33.5 Å². The van der Waals surface area contributed by atoms with Gasteiger partial charge in [-0.15, -0.1) is 0 Å². The lowest BCUT2D eigenvalue weighted by Crippen LogP contribution is -2.41. The molecule has 1 fully saturated rings. The summed E-state index contributed by atoms with van der Waals surface area (Å²) in [5.41, 5.74) is 1.11. The van der Waals surface area contributed by atoms with Crippen LogP contribution >= 0.6 is 0 Å². The van der Waals surface area contributed by atoms with Crippen molar-refractivity contribution in [1.82, 2.24) is 3.97 Å². The molecule has 0 radical (unpaired) electrons. The summed E-state index contributed by atoms with van der Waals surface area (Å²) >= 11 is 0. The smallest absolute Gasteiger partial charge is 0.399 e. The molecular weight excluding hydrogens is 373 g/mol. The number of hydrogen-bond acceptors (Lipinski definition) is 4. The van der Waals surface area contributed by atoms with Gasteiger partial charge in [-0.25, -0.2) is 12.4 Å². The Morgan fingerprint density at radius 2 is 1.46 bits per heavy atom. The maximum atomic E-state index is 13.2. The lowest BCUT2D eigenvalue weighted by Gasteiger charge is -2.32. The maximum Gasteiger partial charge on any atom is 0.497 e. The molecule has 4 rings (SSSR count). The van der Waals surface area contributed by atoms with Crippen LogP contribution in [0.3, 0.4) is 0 Å². The normalized spacial score (nSPS) is 18.6. The molecule has 146 valence electrons. The number of hydrogen-bond donors (Lipinski definition) is 0. The summed E-state index contributed by atoms with van der Waals surface area (Å²) in [4.78, 5) is 0. The van der Waals surface area contributed by atoms with Crippen molar-refractivity contribution in [3.63, 3.8) is 0 Å². The minimum atomic E-state index is -3.60.